The summed E-state index contributed by atoms with van der Waals surface area (Å²) in [7, 11) is 5.90. The molecular weight excluding hydrogens is 720 g/mol. The minimum Gasteiger partial charge on any atom is -0.507 e. The molecular formula is C42H50N4O10. The van der Waals surface area contributed by atoms with Crippen LogP contribution < -0.4 is 19.5 Å². The molecule has 0 saturated carbocycles. The lowest BCUT2D eigenvalue weighted by atomic mass is 9.84. The van der Waals surface area contributed by atoms with Gasteiger partial charge >= 0.3 is 5.97 Å². The van der Waals surface area contributed by atoms with Crippen LogP contribution in [0.5, 0.6) is 28.7 Å². The number of aromatic amines is 1. The Hall–Kier alpha value is -5.89. The number of ketones is 1. The Labute approximate surface area is 326 Å². The maximum Gasteiger partial charge on any atom is 0.342 e. The van der Waals surface area contributed by atoms with E-state index in [1.165, 1.54) is 34.5 Å². The van der Waals surface area contributed by atoms with Crippen molar-refractivity contribution in [2.45, 2.75) is 83.0 Å². The number of cyclic esters (lactones) is 1. The fraction of sp³-hybridized carbons (Fsp3) is 0.405. The van der Waals surface area contributed by atoms with Gasteiger partial charge in [-0.25, -0.2) is 9.78 Å². The summed E-state index contributed by atoms with van der Waals surface area (Å²) >= 11 is 0. The zero-order chi connectivity index (χ0) is 40.2. The number of rotatable bonds is 13. The Morgan fingerprint density at radius 1 is 1.00 bits per heavy atom. The van der Waals surface area contributed by atoms with Crippen molar-refractivity contribution < 1.29 is 48.3 Å². The van der Waals surface area contributed by atoms with Crippen molar-refractivity contribution >= 4 is 23.7 Å². The van der Waals surface area contributed by atoms with E-state index in [1.54, 1.807) is 31.2 Å². The molecule has 298 valence electrons. The van der Waals surface area contributed by atoms with Crippen LogP contribution in [0.4, 0.5) is 0 Å². The molecule has 3 aromatic carbocycles. The number of amides is 1. The number of hydrogen-bond donors (Lipinski definition) is 4. The Balaban J connectivity index is 1.62. The first-order valence-electron chi connectivity index (χ1n) is 18.6. The number of benzene rings is 3. The first-order valence-corrected chi connectivity index (χ1v) is 18.6. The smallest absolute Gasteiger partial charge is 0.342 e. The van der Waals surface area contributed by atoms with Crippen LogP contribution in [0.1, 0.15) is 108 Å². The van der Waals surface area contributed by atoms with E-state index in [1.807, 2.05) is 30.3 Å². The van der Waals surface area contributed by atoms with Crippen molar-refractivity contribution in [1.29, 1.82) is 0 Å². The molecule has 5 rings (SSSR count). The van der Waals surface area contributed by atoms with Crippen molar-refractivity contribution in [3.63, 3.8) is 0 Å². The first kappa shape index (κ1) is 41.3. The molecule has 3 unspecified atom stereocenters. The maximum atomic E-state index is 14.3. The molecule has 1 aliphatic rings. The number of esters is 1. The molecule has 4 N–H and O–H groups in total. The van der Waals surface area contributed by atoms with Gasteiger partial charge in [-0.15, -0.1) is 0 Å². The highest BCUT2D eigenvalue weighted by atomic mass is 16.5. The van der Waals surface area contributed by atoms with E-state index in [2.05, 4.69) is 20.5 Å². The normalized spacial score (nSPS) is 16.2. The lowest BCUT2D eigenvalue weighted by Crippen LogP contribution is -2.32. The average molecular weight is 771 g/mol. The molecule has 0 fully saturated rings. The Morgan fingerprint density at radius 2 is 1.71 bits per heavy atom. The molecule has 0 spiro atoms. The van der Waals surface area contributed by atoms with Gasteiger partial charge in [0.05, 0.1) is 33.5 Å². The minimum absolute atomic E-state index is 0.0854. The molecule has 2 heterocycles. The minimum atomic E-state index is -1.07. The van der Waals surface area contributed by atoms with Gasteiger partial charge in [-0.2, -0.15) is 5.10 Å². The number of aromatic hydroxyl groups is 2. The fourth-order valence-electron chi connectivity index (χ4n) is 6.87. The van der Waals surface area contributed by atoms with Crippen molar-refractivity contribution in [1.82, 2.24) is 20.5 Å². The molecule has 0 saturated heterocycles. The Kier molecular flexibility index (Phi) is 14.5. The van der Waals surface area contributed by atoms with Gasteiger partial charge in [0.1, 0.15) is 29.5 Å². The van der Waals surface area contributed by atoms with E-state index in [0.29, 0.717) is 67.9 Å². The van der Waals surface area contributed by atoms with E-state index >= 15 is 0 Å². The molecule has 1 amide bonds. The van der Waals surface area contributed by atoms with E-state index in [4.69, 9.17) is 23.7 Å². The summed E-state index contributed by atoms with van der Waals surface area (Å²) in [6, 6.07) is 13.5. The van der Waals surface area contributed by atoms with Gasteiger partial charge in [-0.05, 0) is 67.5 Å². The number of methoxy groups -OCH3 is 4. The Bertz CT molecular complexity index is 1990. The molecule has 4 aromatic rings. The molecule has 0 bridgehead atoms. The number of carbonyl (C=O) groups is 3. The van der Waals surface area contributed by atoms with E-state index in [0.717, 1.165) is 5.56 Å². The van der Waals surface area contributed by atoms with E-state index < -0.39 is 35.7 Å². The van der Waals surface area contributed by atoms with Crippen LogP contribution in [0, 0.1) is 0 Å². The lowest BCUT2D eigenvalue weighted by molar-refractivity contribution is -0.122. The van der Waals surface area contributed by atoms with Gasteiger partial charge < -0.3 is 39.2 Å². The number of Topliss-reactive ketones (excluding diaryl/α,β-unsaturated/α-hetero) is 1. The third-order valence-electron chi connectivity index (χ3n) is 9.64. The van der Waals surface area contributed by atoms with Crippen LogP contribution >= 0.6 is 0 Å². The number of phenolic OH excluding ortho intramolecular Hbond substituents is 2. The SMILES string of the molecule is COCc1nc(C(Cc2ccccc2)NC(=O)CC(c2cc(OC)c(OC)c(OC)c2)c2c(O)cc3c(c2O)C(=O)OC(C)CCCC(=O)CCCC=C3)n[nH]1. The van der Waals surface area contributed by atoms with Gasteiger partial charge in [-0.3, -0.25) is 14.7 Å². The largest absolute Gasteiger partial charge is 0.507 e. The number of phenols is 2. The second kappa shape index (κ2) is 19.6. The standard InChI is InChI=1S/C42H50N4O10/c1-25-13-12-18-29(47)17-11-7-10-16-27-20-32(48)38(39(50)37(27)42(51)56-25)30(28-21-33(53-3)40(55-5)34(22-28)54-4)23-36(49)43-31(19-26-14-8-6-9-15-26)41-44-35(24-52-2)45-46-41/h6,8-10,14-16,20-22,25,30-31,48,50H,7,11-13,17-19,23-24H2,1-5H3,(H,43,49)(H,44,45,46). The van der Waals surface area contributed by atoms with Gasteiger partial charge in [0, 0.05) is 44.3 Å². The highest BCUT2D eigenvalue weighted by Crippen LogP contribution is 2.48. The van der Waals surface area contributed by atoms with Crippen molar-refractivity contribution in [2.75, 3.05) is 28.4 Å². The zero-order valence-electron chi connectivity index (χ0n) is 32.4. The van der Waals surface area contributed by atoms with Crippen LogP contribution in [-0.2, 0) is 32.1 Å². The summed E-state index contributed by atoms with van der Waals surface area (Å²) in [6.07, 6.45) is 5.83. The van der Waals surface area contributed by atoms with Crippen molar-refractivity contribution in [3.05, 3.63) is 94.1 Å². The number of ether oxygens (including phenoxy) is 5. The summed E-state index contributed by atoms with van der Waals surface area (Å²) in [4.78, 5) is 45.1. The number of nitrogens with one attached hydrogen (secondary N) is 2. The molecule has 56 heavy (non-hydrogen) atoms. The number of allylic oxidation sites excluding steroid dienone is 1. The third-order valence-corrected chi connectivity index (χ3v) is 9.64. The molecule has 0 radical (unpaired) electrons. The van der Waals surface area contributed by atoms with Crippen LogP contribution in [0.15, 0.2) is 54.6 Å². The first-order chi connectivity index (χ1) is 27.1. The van der Waals surface area contributed by atoms with Gasteiger partial charge in [0.25, 0.3) is 0 Å². The second-order valence-corrected chi connectivity index (χ2v) is 13.7. The lowest BCUT2D eigenvalue weighted by Gasteiger charge is -2.25. The van der Waals surface area contributed by atoms with Gasteiger partial charge in [0.15, 0.2) is 23.1 Å². The quantitative estimate of drug-likeness (QED) is 0.108. The summed E-state index contributed by atoms with van der Waals surface area (Å²) in [6.45, 7) is 1.92. The Morgan fingerprint density at radius 3 is 2.39 bits per heavy atom. The highest BCUT2D eigenvalue weighted by Gasteiger charge is 2.33. The summed E-state index contributed by atoms with van der Waals surface area (Å²) in [5.41, 5.74) is 1.30. The highest BCUT2D eigenvalue weighted by molar-refractivity contribution is 5.98. The summed E-state index contributed by atoms with van der Waals surface area (Å²) < 4.78 is 27.8. The number of nitrogens with zero attached hydrogens (tertiary/aromatic N) is 2. The monoisotopic (exact) mass is 770 g/mol. The number of H-pyrrole nitrogens is 1. The van der Waals surface area contributed by atoms with Crippen molar-refractivity contribution in [2.24, 2.45) is 0 Å². The zero-order valence-corrected chi connectivity index (χ0v) is 32.4. The van der Waals surface area contributed by atoms with Crippen LogP contribution in [0.2, 0.25) is 0 Å². The second-order valence-electron chi connectivity index (χ2n) is 13.7. The third kappa shape index (κ3) is 10.2. The summed E-state index contributed by atoms with van der Waals surface area (Å²) in [5, 5.41) is 34.2. The average Bonchev–Trinajstić information content (AvgIpc) is 3.65. The van der Waals surface area contributed by atoms with Crippen molar-refractivity contribution in [3.8, 4) is 28.7 Å². The molecule has 0 aliphatic carbocycles. The summed E-state index contributed by atoms with van der Waals surface area (Å²) in [5.74, 6) is -1.47. The number of carbonyl (C=O) groups excluding carboxylic acids is 3. The predicted octanol–water partition coefficient (Wildman–Crippen LogP) is 6.49. The van der Waals surface area contributed by atoms with Gasteiger partial charge in [-0.1, -0.05) is 42.5 Å². The van der Waals surface area contributed by atoms with E-state index in [-0.39, 0.29) is 52.7 Å². The molecule has 14 nitrogen and oxygen atoms in total. The number of hydrogen-bond acceptors (Lipinski definition) is 12. The molecule has 14 heteroatoms. The van der Waals surface area contributed by atoms with Gasteiger partial charge in [0.2, 0.25) is 11.7 Å². The number of fused-ring (bicyclic) bond motifs is 1. The van der Waals surface area contributed by atoms with E-state index in [9.17, 15) is 24.6 Å². The fourth-order valence-corrected chi connectivity index (χ4v) is 6.87. The molecule has 3 atom stereocenters. The molecule has 1 aromatic heterocycles. The van der Waals surface area contributed by atoms with Crippen LogP contribution in [0.3, 0.4) is 0 Å². The van der Waals surface area contributed by atoms with Crippen LogP contribution in [0.25, 0.3) is 6.08 Å². The maximum absolute atomic E-state index is 14.3. The molecule has 1 aliphatic heterocycles. The van der Waals surface area contributed by atoms with Crippen LogP contribution in [-0.4, -0.2) is 77.6 Å². The number of aromatic nitrogens is 3. The predicted molar refractivity (Wildman–Crippen MR) is 207 cm³/mol. The topological polar surface area (TPSA) is 191 Å².